The number of aryl methyl sites for hydroxylation is 2. The van der Waals surface area contributed by atoms with Gasteiger partial charge in [0.25, 0.3) is 0 Å². The van der Waals surface area contributed by atoms with Crippen LogP contribution in [0.25, 0.3) is 0 Å². The summed E-state index contributed by atoms with van der Waals surface area (Å²) < 4.78 is 24.1. The van der Waals surface area contributed by atoms with Crippen molar-refractivity contribution < 1.29 is 8.42 Å². The van der Waals surface area contributed by atoms with Gasteiger partial charge in [0, 0.05) is 11.8 Å². The van der Waals surface area contributed by atoms with Crippen LogP contribution in [0.15, 0.2) is 18.2 Å². The Morgan fingerprint density at radius 3 is 2.42 bits per heavy atom. The van der Waals surface area contributed by atoms with E-state index in [2.05, 4.69) is 11.4 Å². The van der Waals surface area contributed by atoms with Gasteiger partial charge in [-0.25, -0.2) is 8.42 Å². The Morgan fingerprint density at radius 2 is 1.89 bits per heavy atom. The third-order valence-corrected chi connectivity index (χ3v) is 5.06. The Balaban J connectivity index is 3.00. The van der Waals surface area contributed by atoms with Gasteiger partial charge in [-0.3, -0.25) is 0 Å². The molecule has 0 heterocycles. The van der Waals surface area contributed by atoms with Gasteiger partial charge in [0.15, 0.2) is 9.84 Å². The molecular formula is C15H25NO2S. The molecule has 19 heavy (non-hydrogen) atoms. The molecule has 0 fully saturated rings. The summed E-state index contributed by atoms with van der Waals surface area (Å²) in [7, 11) is -2.99. The molecule has 0 aromatic heterocycles. The highest BCUT2D eigenvalue weighted by Crippen LogP contribution is 2.21. The molecule has 1 aromatic carbocycles. The molecule has 1 aromatic rings. The number of hydrogen-bond acceptors (Lipinski definition) is 3. The number of sulfone groups is 1. The zero-order chi connectivity index (χ0) is 14.5. The monoisotopic (exact) mass is 283 g/mol. The van der Waals surface area contributed by atoms with Crippen LogP contribution in [-0.4, -0.2) is 26.5 Å². The number of nitrogens with one attached hydrogen (secondary N) is 1. The second-order valence-corrected chi connectivity index (χ2v) is 7.31. The van der Waals surface area contributed by atoms with Gasteiger partial charge in [0.1, 0.15) is 0 Å². The first-order valence-electron chi connectivity index (χ1n) is 6.90. The predicted octanol–water partition coefficient (Wildman–Crippen LogP) is 2.78. The summed E-state index contributed by atoms with van der Waals surface area (Å²) >= 11 is 0. The maximum Gasteiger partial charge on any atom is 0.152 e. The van der Waals surface area contributed by atoms with E-state index < -0.39 is 9.84 Å². The molecule has 0 radical (unpaired) electrons. The van der Waals surface area contributed by atoms with Crippen LogP contribution in [0.1, 0.15) is 43.0 Å². The number of hydrogen-bond donors (Lipinski definition) is 1. The van der Waals surface area contributed by atoms with Gasteiger partial charge in [0.05, 0.1) is 5.75 Å². The normalized spacial score (nSPS) is 13.5. The molecule has 1 unspecified atom stereocenters. The fraction of sp³-hybridized carbons (Fsp3) is 0.600. The average Bonchev–Trinajstić information content (AvgIpc) is 2.28. The van der Waals surface area contributed by atoms with Crippen molar-refractivity contribution in [2.45, 2.75) is 40.2 Å². The summed E-state index contributed by atoms with van der Waals surface area (Å²) in [4.78, 5) is 0. The van der Waals surface area contributed by atoms with Crippen LogP contribution in [0.2, 0.25) is 0 Å². The van der Waals surface area contributed by atoms with Gasteiger partial charge in [-0.1, -0.05) is 37.6 Å². The average molecular weight is 283 g/mol. The molecule has 0 saturated carbocycles. The first kappa shape index (κ1) is 16.2. The molecule has 0 aliphatic rings. The third-order valence-electron chi connectivity index (χ3n) is 3.19. The molecule has 0 aliphatic heterocycles. The van der Waals surface area contributed by atoms with E-state index in [1.54, 1.807) is 0 Å². The maximum atomic E-state index is 12.0. The smallest absolute Gasteiger partial charge is 0.152 e. The molecule has 0 spiro atoms. The van der Waals surface area contributed by atoms with E-state index in [9.17, 15) is 8.42 Å². The Hall–Kier alpha value is -0.870. The minimum absolute atomic E-state index is 0.109. The lowest BCUT2D eigenvalue weighted by Crippen LogP contribution is -2.29. The van der Waals surface area contributed by atoms with E-state index >= 15 is 0 Å². The zero-order valence-corrected chi connectivity index (χ0v) is 13.2. The highest BCUT2D eigenvalue weighted by Gasteiger charge is 2.20. The predicted molar refractivity (Wildman–Crippen MR) is 81.3 cm³/mol. The minimum Gasteiger partial charge on any atom is -0.309 e. The van der Waals surface area contributed by atoms with Crippen LogP contribution in [-0.2, 0) is 9.84 Å². The van der Waals surface area contributed by atoms with Crippen molar-refractivity contribution in [2.75, 3.05) is 18.1 Å². The van der Waals surface area contributed by atoms with Crippen molar-refractivity contribution in [3.8, 4) is 0 Å². The summed E-state index contributed by atoms with van der Waals surface area (Å²) in [6.45, 7) is 8.76. The first-order chi connectivity index (χ1) is 8.89. The Kier molecular flexibility index (Phi) is 6.01. The fourth-order valence-electron chi connectivity index (χ4n) is 2.37. The number of benzene rings is 1. The molecule has 1 rings (SSSR count). The lowest BCUT2D eigenvalue weighted by atomic mass is 10.0. The van der Waals surface area contributed by atoms with E-state index in [1.807, 2.05) is 39.8 Å². The van der Waals surface area contributed by atoms with Crippen molar-refractivity contribution in [3.63, 3.8) is 0 Å². The van der Waals surface area contributed by atoms with Crippen LogP contribution in [0.4, 0.5) is 0 Å². The molecule has 1 N–H and O–H groups in total. The second kappa shape index (κ2) is 7.06. The second-order valence-electron chi connectivity index (χ2n) is 5.08. The zero-order valence-electron chi connectivity index (χ0n) is 12.4. The minimum atomic E-state index is -2.99. The van der Waals surface area contributed by atoms with Crippen molar-refractivity contribution in [3.05, 3.63) is 34.9 Å². The van der Waals surface area contributed by atoms with E-state index in [0.717, 1.165) is 17.7 Å². The van der Waals surface area contributed by atoms with E-state index in [1.165, 1.54) is 5.56 Å². The molecule has 4 heteroatoms. The van der Waals surface area contributed by atoms with Crippen LogP contribution in [0, 0.1) is 13.8 Å². The molecule has 3 nitrogen and oxygen atoms in total. The molecule has 108 valence electrons. The van der Waals surface area contributed by atoms with Crippen molar-refractivity contribution in [2.24, 2.45) is 0 Å². The van der Waals surface area contributed by atoms with Crippen LogP contribution in [0.5, 0.6) is 0 Å². The highest BCUT2D eigenvalue weighted by atomic mass is 32.2. The van der Waals surface area contributed by atoms with E-state index in [4.69, 9.17) is 0 Å². The van der Waals surface area contributed by atoms with Crippen LogP contribution in [0.3, 0.4) is 0 Å². The van der Waals surface area contributed by atoms with Gasteiger partial charge < -0.3 is 5.32 Å². The van der Waals surface area contributed by atoms with Crippen molar-refractivity contribution in [1.29, 1.82) is 0 Å². The van der Waals surface area contributed by atoms with Gasteiger partial charge in [-0.2, -0.15) is 0 Å². The summed E-state index contributed by atoms with van der Waals surface area (Å²) in [6.07, 6.45) is 0.675. The highest BCUT2D eigenvalue weighted by molar-refractivity contribution is 7.91. The topological polar surface area (TPSA) is 46.2 Å². The Morgan fingerprint density at radius 1 is 1.21 bits per heavy atom. The summed E-state index contributed by atoms with van der Waals surface area (Å²) in [5.74, 6) is 0.443. The van der Waals surface area contributed by atoms with Crippen molar-refractivity contribution in [1.82, 2.24) is 5.32 Å². The van der Waals surface area contributed by atoms with Crippen LogP contribution < -0.4 is 5.32 Å². The largest absolute Gasteiger partial charge is 0.309 e. The number of rotatable bonds is 7. The van der Waals surface area contributed by atoms with E-state index in [0.29, 0.717) is 6.42 Å². The molecule has 0 aliphatic carbocycles. The molecular weight excluding hydrogens is 258 g/mol. The SMILES string of the molecule is CCCS(=O)(=O)CC(NCC)c1ccc(C)cc1C. The third kappa shape index (κ3) is 4.96. The molecule has 1 atom stereocenters. The lowest BCUT2D eigenvalue weighted by Gasteiger charge is -2.20. The van der Waals surface area contributed by atoms with Gasteiger partial charge in [-0.15, -0.1) is 0 Å². The van der Waals surface area contributed by atoms with Crippen LogP contribution >= 0.6 is 0 Å². The first-order valence-corrected chi connectivity index (χ1v) is 8.72. The summed E-state index contributed by atoms with van der Waals surface area (Å²) in [6, 6.07) is 6.08. The Bertz CT molecular complexity index is 509. The quantitative estimate of drug-likeness (QED) is 0.837. The van der Waals surface area contributed by atoms with Crippen molar-refractivity contribution >= 4 is 9.84 Å². The lowest BCUT2D eigenvalue weighted by molar-refractivity contribution is 0.557. The van der Waals surface area contributed by atoms with Gasteiger partial charge in [0.2, 0.25) is 0 Å². The maximum absolute atomic E-state index is 12.0. The summed E-state index contributed by atoms with van der Waals surface area (Å²) in [5, 5.41) is 3.29. The standard InChI is InChI=1S/C15H25NO2S/c1-5-9-19(17,18)11-15(16-6-2)14-8-7-12(3)10-13(14)4/h7-8,10,15-16H,5-6,9,11H2,1-4H3. The summed E-state index contributed by atoms with van der Waals surface area (Å²) in [5.41, 5.74) is 3.44. The van der Waals surface area contributed by atoms with Gasteiger partial charge >= 0.3 is 0 Å². The fourth-order valence-corrected chi connectivity index (χ4v) is 3.96. The molecule has 0 saturated heterocycles. The van der Waals surface area contributed by atoms with Gasteiger partial charge in [-0.05, 0) is 37.9 Å². The van der Waals surface area contributed by atoms with E-state index in [-0.39, 0.29) is 17.5 Å². The Labute approximate surface area is 117 Å². The molecule has 0 amide bonds. The molecule has 0 bridgehead atoms.